The van der Waals surface area contributed by atoms with Gasteiger partial charge in [-0.15, -0.1) is 0 Å². The van der Waals surface area contributed by atoms with Crippen LogP contribution in [0.25, 0.3) is 0 Å². The second-order valence-electron chi connectivity index (χ2n) is 2.64. The zero-order valence-electron chi connectivity index (χ0n) is 7.57. The number of rotatable bonds is 0. The fraction of sp³-hybridized carbons (Fsp3) is 0.571. The minimum atomic E-state index is -0.579. The van der Waals surface area contributed by atoms with Crippen molar-refractivity contribution in [3.63, 3.8) is 0 Å². The first-order valence-electron chi connectivity index (χ1n) is 3.61. The summed E-state index contributed by atoms with van der Waals surface area (Å²) in [6, 6.07) is -0.391. The summed E-state index contributed by atoms with van der Waals surface area (Å²) in [4.78, 5) is 23.2. The third kappa shape index (κ3) is 1.46. The molecule has 1 rings (SSSR count). The molecule has 0 spiro atoms. The molecule has 0 N–H and O–H groups in total. The minimum Gasteiger partial charge on any atom is -0.467 e. The fourth-order valence-corrected chi connectivity index (χ4v) is 1.90. The van der Waals surface area contributed by atoms with Gasteiger partial charge in [-0.25, -0.2) is 4.79 Å². The number of carbonyl (C=O) groups excluding carboxylic acids is 2. The number of hydrogen-bond donors (Lipinski definition) is 0. The predicted molar refractivity (Wildman–Crippen MR) is 49.1 cm³/mol. The maximum atomic E-state index is 11.4. The number of carbonyl (C=O) groups is 2. The minimum absolute atomic E-state index is 0.313. The quantitative estimate of drug-likeness (QED) is 0.450. The van der Waals surface area contributed by atoms with Gasteiger partial charge in [-0.1, -0.05) is 15.9 Å². The summed E-state index contributed by atoms with van der Waals surface area (Å²) in [7, 11) is 4.41. The summed E-state index contributed by atoms with van der Waals surface area (Å²) in [6.45, 7) is 0. The average molecular weight is 250 g/mol. The summed E-state index contributed by atoms with van der Waals surface area (Å²) in [5, 5.41) is 0. The SMILES string of the molecule is COC1=[N+](C)C(=O)N(C)C(=O)C1Br. The van der Waals surface area contributed by atoms with Crippen LogP contribution in [0.4, 0.5) is 4.79 Å². The van der Waals surface area contributed by atoms with E-state index < -0.39 is 10.9 Å². The Morgan fingerprint density at radius 2 is 2.08 bits per heavy atom. The summed E-state index contributed by atoms with van der Waals surface area (Å²) < 4.78 is 6.22. The Morgan fingerprint density at radius 3 is 2.54 bits per heavy atom. The van der Waals surface area contributed by atoms with Crippen molar-refractivity contribution in [2.24, 2.45) is 0 Å². The van der Waals surface area contributed by atoms with Gasteiger partial charge in [0.15, 0.2) is 0 Å². The van der Waals surface area contributed by atoms with Gasteiger partial charge in [0.25, 0.3) is 5.90 Å². The first kappa shape index (κ1) is 10.2. The molecule has 0 saturated carbocycles. The summed E-state index contributed by atoms with van der Waals surface area (Å²) >= 11 is 3.14. The lowest BCUT2D eigenvalue weighted by atomic mass is 10.3. The third-order valence-corrected chi connectivity index (χ3v) is 2.66. The van der Waals surface area contributed by atoms with E-state index >= 15 is 0 Å². The van der Waals surface area contributed by atoms with E-state index in [0.717, 1.165) is 4.90 Å². The van der Waals surface area contributed by atoms with Crippen LogP contribution in [-0.2, 0) is 9.53 Å². The number of ether oxygens (including phenoxy) is 1. The topological polar surface area (TPSA) is 49.6 Å². The van der Waals surface area contributed by atoms with E-state index in [9.17, 15) is 9.59 Å². The van der Waals surface area contributed by atoms with Crippen LogP contribution in [0, 0.1) is 0 Å². The molecule has 1 atom stereocenters. The zero-order chi connectivity index (χ0) is 10.2. The van der Waals surface area contributed by atoms with Gasteiger partial charge < -0.3 is 4.74 Å². The number of amides is 3. The van der Waals surface area contributed by atoms with E-state index in [2.05, 4.69) is 15.9 Å². The van der Waals surface area contributed by atoms with Crippen molar-refractivity contribution in [2.45, 2.75) is 4.83 Å². The molecule has 1 unspecified atom stereocenters. The van der Waals surface area contributed by atoms with Crippen LogP contribution in [0.5, 0.6) is 0 Å². The van der Waals surface area contributed by atoms with Gasteiger partial charge in [-0.3, -0.25) is 0 Å². The Labute approximate surface area is 84.1 Å². The molecule has 0 aliphatic carbocycles. The molecule has 6 heteroatoms. The largest absolute Gasteiger partial charge is 0.502 e. The Balaban J connectivity index is 3.18. The Morgan fingerprint density at radius 1 is 1.54 bits per heavy atom. The third-order valence-electron chi connectivity index (χ3n) is 1.88. The van der Waals surface area contributed by atoms with Gasteiger partial charge in [-0.2, -0.15) is 14.3 Å². The van der Waals surface area contributed by atoms with Crippen molar-refractivity contribution < 1.29 is 18.9 Å². The van der Waals surface area contributed by atoms with Crippen molar-refractivity contribution in [3.05, 3.63) is 0 Å². The van der Waals surface area contributed by atoms with Crippen LogP contribution in [0.2, 0.25) is 0 Å². The van der Waals surface area contributed by atoms with Crippen molar-refractivity contribution in [1.29, 1.82) is 0 Å². The van der Waals surface area contributed by atoms with E-state index in [-0.39, 0.29) is 5.91 Å². The monoisotopic (exact) mass is 249 g/mol. The highest BCUT2D eigenvalue weighted by Crippen LogP contribution is 2.12. The molecule has 1 heterocycles. The van der Waals surface area contributed by atoms with E-state index in [0.29, 0.717) is 5.90 Å². The molecule has 0 aromatic carbocycles. The Hall–Kier alpha value is -0.910. The highest BCUT2D eigenvalue weighted by molar-refractivity contribution is 9.10. The second-order valence-corrected chi connectivity index (χ2v) is 3.56. The highest BCUT2D eigenvalue weighted by atomic mass is 79.9. The lowest BCUT2D eigenvalue weighted by molar-refractivity contribution is -0.415. The fourth-order valence-electron chi connectivity index (χ4n) is 1.10. The van der Waals surface area contributed by atoms with Crippen LogP contribution in [0.3, 0.4) is 0 Å². The number of hydrogen-bond acceptors (Lipinski definition) is 3. The van der Waals surface area contributed by atoms with Crippen molar-refractivity contribution in [3.8, 4) is 0 Å². The summed E-state index contributed by atoms with van der Waals surface area (Å²) in [5.41, 5.74) is 0. The number of halogens is 1. The Kier molecular flexibility index (Phi) is 2.70. The van der Waals surface area contributed by atoms with Gasteiger partial charge in [0, 0.05) is 0 Å². The molecule has 13 heavy (non-hydrogen) atoms. The molecule has 0 saturated heterocycles. The highest BCUT2D eigenvalue weighted by Gasteiger charge is 2.44. The lowest BCUT2D eigenvalue weighted by Gasteiger charge is -2.19. The molecule has 0 aromatic heterocycles. The summed E-state index contributed by atoms with van der Waals surface area (Å²) in [5.74, 6) is -0.00644. The molecule has 72 valence electrons. The standard InChI is InChI=1S/C7H10BrN2O3/c1-9-5(11)4(8)6(13-3)10(2)7(9)12/h4H,1-3H3/q+1. The number of nitrogens with zero attached hydrogens (tertiary/aromatic N) is 2. The van der Waals surface area contributed by atoms with Crippen LogP contribution in [-0.4, -0.2) is 53.3 Å². The molecule has 3 amide bonds. The first-order chi connectivity index (χ1) is 6.00. The van der Waals surface area contributed by atoms with E-state index in [4.69, 9.17) is 4.74 Å². The molecular formula is C7H10BrN2O3+. The first-order valence-corrected chi connectivity index (χ1v) is 4.52. The van der Waals surface area contributed by atoms with Crippen molar-refractivity contribution in [1.82, 2.24) is 4.90 Å². The molecule has 1 aliphatic heterocycles. The molecule has 0 bridgehead atoms. The number of methoxy groups -OCH3 is 1. The summed E-state index contributed by atoms with van der Waals surface area (Å²) in [6.07, 6.45) is 0. The number of urea groups is 1. The smallest absolute Gasteiger partial charge is 0.467 e. The van der Waals surface area contributed by atoms with Gasteiger partial charge in [0.1, 0.15) is 0 Å². The van der Waals surface area contributed by atoms with Crippen molar-refractivity contribution in [2.75, 3.05) is 21.2 Å². The number of alkyl halides is 1. The van der Waals surface area contributed by atoms with Crippen molar-refractivity contribution >= 4 is 33.8 Å². The normalized spacial score (nSPS) is 24.0. The molecule has 0 fully saturated rings. The second kappa shape index (κ2) is 3.45. The molecule has 1 aliphatic rings. The van der Waals surface area contributed by atoms with E-state index in [1.165, 1.54) is 18.7 Å². The zero-order valence-corrected chi connectivity index (χ0v) is 9.16. The molecule has 0 aromatic rings. The molecular weight excluding hydrogens is 240 g/mol. The van der Waals surface area contributed by atoms with Crippen LogP contribution in [0.1, 0.15) is 0 Å². The maximum Gasteiger partial charge on any atom is 0.502 e. The van der Waals surface area contributed by atoms with Crippen LogP contribution < -0.4 is 0 Å². The number of imide groups is 1. The molecule has 5 nitrogen and oxygen atoms in total. The van der Waals surface area contributed by atoms with Gasteiger partial charge in [0.2, 0.25) is 4.83 Å². The Bertz CT molecular complexity index is 300. The van der Waals surface area contributed by atoms with E-state index in [1.807, 2.05) is 0 Å². The van der Waals surface area contributed by atoms with Gasteiger partial charge in [0.05, 0.1) is 21.2 Å². The van der Waals surface area contributed by atoms with Gasteiger partial charge in [-0.05, 0) is 0 Å². The predicted octanol–water partition coefficient (Wildman–Crippen LogP) is 0.0291. The average Bonchev–Trinajstić information content (AvgIpc) is 2.13. The van der Waals surface area contributed by atoms with Gasteiger partial charge >= 0.3 is 11.9 Å². The lowest BCUT2D eigenvalue weighted by Crippen LogP contribution is -2.53. The van der Waals surface area contributed by atoms with Crippen LogP contribution >= 0.6 is 15.9 Å². The van der Waals surface area contributed by atoms with Crippen LogP contribution in [0.15, 0.2) is 0 Å². The van der Waals surface area contributed by atoms with E-state index in [1.54, 1.807) is 7.05 Å². The maximum absolute atomic E-state index is 11.4. The molecule has 0 radical (unpaired) electrons.